The highest BCUT2D eigenvalue weighted by Gasteiger charge is 2.25. The van der Waals surface area contributed by atoms with Gasteiger partial charge in [-0.25, -0.2) is 4.57 Å². The van der Waals surface area contributed by atoms with Gasteiger partial charge in [0.25, 0.3) is 0 Å². The number of carbonyl (C=O) groups excluding carboxylic acids is 2. The van der Waals surface area contributed by atoms with E-state index in [9.17, 15) is 19.0 Å². The van der Waals surface area contributed by atoms with E-state index in [4.69, 9.17) is 24.3 Å². The average Bonchev–Trinajstić information content (AvgIpc) is 3.30. The van der Waals surface area contributed by atoms with Crippen LogP contribution in [-0.2, 0) is 32.7 Å². The van der Waals surface area contributed by atoms with Gasteiger partial charge in [-0.1, -0.05) is 228 Å². The van der Waals surface area contributed by atoms with Crippen LogP contribution in [0.5, 0.6) is 0 Å². The smallest absolute Gasteiger partial charge is 0.462 e. The fraction of sp³-hybridized carbons (Fsp3) is 0.745. The van der Waals surface area contributed by atoms with E-state index in [0.717, 1.165) is 44.9 Å². The number of esters is 2. The van der Waals surface area contributed by atoms with Crippen LogP contribution in [0.2, 0.25) is 0 Å². The molecule has 0 radical (unpaired) electrons. The number of allylic oxidation sites excluding steroid dienone is 11. The van der Waals surface area contributed by atoms with Gasteiger partial charge in [-0.05, 0) is 64.2 Å². The Kier molecular flexibility index (Phi) is 48.9. The third kappa shape index (κ3) is 50.7. The van der Waals surface area contributed by atoms with Gasteiger partial charge in [0.2, 0.25) is 0 Å². The first kappa shape index (κ1) is 62.4. The zero-order valence-corrected chi connectivity index (χ0v) is 42.6. The Hall–Kier alpha value is -2.55. The van der Waals surface area contributed by atoms with E-state index in [-0.39, 0.29) is 32.6 Å². The van der Waals surface area contributed by atoms with Crippen LogP contribution >= 0.6 is 7.82 Å². The summed E-state index contributed by atoms with van der Waals surface area (Å²) in [5.41, 5.74) is 5.35. The van der Waals surface area contributed by atoms with Crippen molar-refractivity contribution in [1.29, 1.82) is 0 Å². The van der Waals surface area contributed by atoms with Crippen molar-refractivity contribution in [1.82, 2.24) is 0 Å². The lowest BCUT2D eigenvalue weighted by Crippen LogP contribution is -2.29. The van der Waals surface area contributed by atoms with E-state index in [0.29, 0.717) is 6.42 Å². The lowest BCUT2D eigenvalue weighted by molar-refractivity contribution is -0.160. The van der Waals surface area contributed by atoms with E-state index >= 15 is 0 Å². The van der Waals surface area contributed by atoms with Crippen LogP contribution in [0.3, 0.4) is 0 Å². The number of unbranched alkanes of at least 4 members (excludes halogenated alkanes) is 25. The first-order valence-electron chi connectivity index (χ1n) is 26.4. The summed E-state index contributed by atoms with van der Waals surface area (Å²) >= 11 is 0. The van der Waals surface area contributed by atoms with Gasteiger partial charge in [0.15, 0.2) is 6.10 Å². The van der Waals surface area contributed by atoms with Crippen LogP contribution in [0.1, 0.15) is 232 Å². The van der Waals surface area contributed by atoms with Crippen LogP contribution in [0.25, 0.3) is 0 Å². The molecular weight excluding hydrogens is 834 g/mol. The minimum atomic E-state index is -4.41. The molecule has 0 aliphatic carbocycles. The van der Waals surface area contributed by atoms with Gasteiger partial charge in [0.05, 0.1) is 19.6 Å². The summed E-state index contributed by atoms with van der Waals surface area (Å²) in [6.45, 7) is 3.52. The Labute approximate surface area is 399 Å². The normalized spacial score (nSPS) is 13.7. The molecule has 0 aromatic rings. The third-order valence-electron chi connectivity index (χ3n) is 11.1. The third-order valence-corrected chi connectivity index (χ3v) is 12.1. The van der Waals surface area contributed by atoms with E-state index in [1.54, 1.807) is 6.08 Å². The first-order valence-corrected chi connectivity index (χ1v) is 27.9. The molecule has 0 saturated heterocycles. The second-order valence-corrected chi connectivity index (χ2v) is 18.8. The molecule has 0 saturated carbocycles. The molecule has 0 aromatic carbocycles. The molecule has 0 aromatic heterocycles. The Morgan fingerprint density at radius 2 is 0.892 bits per heavy atom. The number of ether oxygens (including phenoxy) is 2. The van der Waals surface area contributed by atoms with E-state index in [2.05, 4.69) is 68.5 Å². The summed E-state index contributed by atoms with van der Waals surface area (Å²) in [7, 11) is -4.41. The number of carbonyl (C=O) groups is 2. The van der Waals surface area contributed by atoms with Crippen LogP contribution in [0.4, 0.5) is 0 Å². The minimum Gasteiger partial charge on any atom is -0.462 e. The molecule has 0 amide bonds. The van der Waals surface area contributed by atoms with E-state index < -0.39 is 32.5 Å². The lowest BCUT2D eigenvalue weighted by Gasteiger charge is -2.19. The van der Waals surface area contributed by atoms with Crippen LogP contribution in [-0.4, -0.2) is 49.3 Å². The van der Waals surface area contributed by atoms with Crippen molar-refractivity contribution >= 4 is 19.8 Å². The molecule has 10 heteroatoms. The topological polar surface area (TPSA) is 134 Å². The molecule has 0 fully saturated rings. The second-order valence-electron chi connectivity index (χ2n) is 17.4. The van der Waals surface area contributed by atoms with Gasteiger partial charge in [-0.15, -0.1) is 0 Å². The highest BCUT2D eigenvalue weighted by atomic mass is 31.2. The van der Waals surface area contributed by atoms with Gasteiger partial charge < -0.3 is 20.1 Å². The van der Waals surface area contributed by atoms with E-state index in [1.807, 2.05) is 12.2 Å². The first-order chi connectivity index (χ1) is 31.8. The molecule has 0 heterocycles. The van der Waals surface area contributed by atoms with Gasteiger partial charge >= 0.3 is 19.8 Å². The molecule has 0 spiro atoms. The van der Waals surface area contributed by atoms with Gasteiger partial charge in [-0.3, -0.25) is 18.6 Å². The fourth-order valence-electron chi connectivity index (χ4n) is 7.24. The number of phosphoric ester groups is 1. The Balaban J connectivity index is 3.98. The van der Waals surface area contributed by atoms with Crippen LogP contribution in [0, 0.1) is 0 Å². The average molecular weight is 932 g/mol. The van der Waals surface area contributed by atoms with Gasteiger partial charge in [0.1, 0.15) is 6.61 Å². The molecule has 3 N–H and O–H groups in total. The Morgan fingerprint density at radius 1 is 0.492 bits per heavy atom. The predicted molar refractivity (Wildman–Crippen MR) is 275 cm³/mol. The van der Waals surface area contributed by atoms with Crippen LogP contribution < -0.4 is 5.73 Å². The molecule has 9 nitrogen and oxygen atoms in total. The highest BCUT2D eigenvalue weighted by Crippen LogP contribution is 2.43. The van der Waals surface area contributed by atoms with Crippen molar-refractivity contribution in [3.63, 3.8) is 0 Å². The zero-order chi connectivity index (χ0) is 47.4. The molecular formula is C55H98NO8P. The maximum Gasteiger partial charge on any atom is 0.472 e. The summed E-state index contributed by atoms with van der Waals surface area (Å²) in [4.78, 5) is 34.9. The predicted octanol–water partition coefficient (Wildman–Crippen LogP) is 16.2. The quantitative estimate of drug-likeness (QED) is 0.0265. The Morgan fingerprint density at radius 3 is 1.32 bits per heavy atom. The largest absolute Gasteiger partial charge is 0.472 e. The second kappa shape index (κ2) is 50.9. The molecule has 0 aliphatic heterocycles. The summed E-state index contributed by atoms with van der Waals surface area (Å²) in [6, 6.07) is 0. The van der Waals surface area contributed by atoms with Crippen molar-refractivity contribution in [2.75, 3.05) is 26.4 Å². The Bertz CT molecular complexity index is 1290. The number of nitrogens with two attached hydrogens (primary N) is 1. The van der Waals surface area contributed by atoms with Crippen molar-refractivity contribution < 1.29 is 37.6 Å². The fourth-order valence-corrected chi connectivity index (χ4v) is 8.00. The monoisotopic (exact) mass is 932 g/mol. The summed E-state index contributed by atoms with van der Waals surface area (Å²) in [6.07, 6.45) is 64.3. The summed E-state index contributed by atoms with van der Waals surface area (Å²) in [5, 5.41) is 0. The lowest BCUT2D eigenvalue weighted by atomic mass is 10.0. The van der Waals surface area contributed by atoms with Crippen molar-refractivity contribution in [3.8, 4) is 0 Å². The highest BCUT2D eigenvalue weighted by molar-refractivity contribution is 7.47. The standard InChI is InChI=1S/C55H98NO8P/c1-3-5-7-9-11-13-15-17-19-20-21-22-23-24-25-26-27-28-29-30-31-32-34-35-37-39-41-43-45-47-54(57)61-51-53(52-63-65(59,60)62-50-49-56)64-55(58)48-46-44-42-40-38-36-33-18-16-14-12-10-8-6-4-2/h6,8,12,14,18,20-21,33,38,40,44,46,53H,3-5,7,9-11,13,15-17,19,22-32,34-37,39,41-43,45,47-52,56H2,1-2H3,(H,59,60)/b8-6-,14-12-,21-20-,33-18-,40-38-,46-44-. The summed E-state index contributed by atoms with van der Waals surface area (Å²) < 4.78 is 32.8. The van der Waals surface area contributed by atoms with Crippen LogP contribution in [0.15, 0.2) is 72.9 Å². The van der Waals surface area contributed by atoms with Crippen molar-refractivity contribution in [2.24, 2.45) is 5.73 Å². The number of rotatable bonds is 49. The van der Waals surface area contributed by atoms with E-state index in [1.165, 1.54) is 154 Å². The van der Waals surface area contributed by atoms with Crippen molar-refractivity contribution in [2.45, 2.75) is 238 Å². The zero-order valence-electron chi connectivity index (χ0n) is 41.7. The maximum atomic E-state index is 12.6. The SMILES string of the molecule is CC/C=C\C/C=C\C/C=C\C/C=C\C/C=C\CC(=O)OC(COC(=O)CCCCCCCCCCCCCCCCCCC/C=C\CCCCCCCCCC)COP(=O)(O)OCCN. The molecule has 376 valence electrons. The van der Waals surface area contributed by atoms with Crippen molar-refractivity contribution in [3.05, 3.63) is 72.9 Å². The molecule has 0 bridgehead atoms. The van der Waals surface area contributed by atoms with Gasteiger partial charge in [0, 0.05) is 13.0 Å². The molecule has 0 rings (SSSR count). The summed E-state index contributed by atoms with van der Waals surface area (Å²) in [5.74, 6) is -0.973. The maximum absolute atomic E-state index is 12.6. The van der Waals surface area contributed by atoms with Gasteiger partial charge in [-0.2, -0.15) is 0 Å². The molecule has 2 unspecified atom stereocenters. The molecule has 65 heavy (non-hydrogen) atoms. The minimum absolute atomic E-state index is 0.00323. The number of hydrogen-bond donors (Lipinski definition) is 2. The number of phosphoric acid groups is 1. The molecule has 2 atom stereocenters. The number of hydrogen-bond acceptors (Lipinski definition) is 8. The molecule has 0 aliphatic rings.